The van der Waals surface area contributed by atoms with Gasteiger partial charge in [0.05, 0.1) is 5.57 Å². The van der Waals surface area contributed by atoms with Crippen LogP contribution in [0.25, 0.3) is 22.2 Å². The molecule has 0 aliphatic carbocycles. The highest BCUT2D eigenvalue weighted by Crippen LogP contribution is 2.30. The molecule has 4 rings (SSSR count). The zero-order chi connectivity index (χ0) is 21.4. The highest BCUT2D eigenvalue weighted by Gasteiger charge is 2.21. The van der Waals surface area contributed by atoms with Gasteiger partial charge >= 0.3 is 0 Å². The SMILES string of the molecule is C=C(C)/C(F)=C(\C=C/C)C(=O)c1c[nH]c2ncc(-c3ccc4c(c3)CNC4=O)cc12. The lowest BCUT2D eigenvalue weighted by Crippen LogP contribution is -2.12. The third-order valence-corrected chi connectivity index (χ3v) is 5.09. The van der Waals surface area contributed by atoms with Crippen LogP contribution in [0, 0.1) is 0 Å². The summed E-state index contributed by atoms with van der Waals surface area (Å²) in [6.07, 6.45) is 6.32. The summed E-state index contributed by atoms with van der Waals surface area (Å²) in [7, 11) is 0. The number of carbonyl (C=O) groups is 2. The normalized spacial score (nSPS) is 14.0. The van der Waals surface area contributed by atoms with Gasteiger partial charge in [-0.1, -0.05) is 24.8 Å². The molecule has 0 bridgehead atoms. The van der Waals surface area contributed by atoms with Crippen molar-refractivity contribution in [3.8, 4) is 11.1 Å². The van der Waals surface area contributed by atoms with Crippen molar-refractivity contribution in [1.29, 1.82) is 0 Å². The van der Waals surface area contributed by atoms with Crippen LogP contribution < -0.4 is 5.32 Å². The van der Waals surface area contributed by atoms with Crippen molar-refractivity contribution in [3.63, 3.8) is 0 Å². The lowest BCUT2D eigenvalue weighted by Gasteiger charge is -2.06. The summed E-state index contributed by atoms with van der Waals surface area (Å²) in [5.41, 5.74) is 4.30. The van der Waals surface area contributed by atoms with E-state index in [1.54, 1.807) is 31.5 Å². The van der Waals surface area contributed by atoms with Crippen molar-refractivity contribution >= 4 is 22.7 Å². The standard InChI is InChI=1S/C24H20FN3O2/c1-4-5-18(21(25)13(2)3)22(29)20-12-27-23-19(20)9-15(10-26-23)14-6-7-17-16(8-14)11-28-24(17)30/h4-10,12H,2,11H2,1,3H3,(H,26,27)(H,28,30)/b5-4-,21-18-. The summed E-state index contributed by atoms with van der Waals surface area (Å²) in [6.45, 7) is 7.34. The highest BCUT2D eigenvalue weighted by molar-refractivity contribution is 6.17. The quantitative estimate of drug-likeness (QED) is 0.358. The Morgan fingerprint density at radius 3 is 2.80 bits per heavy atom. The first-order valence-corrected chi connectivity index (χ1v) is 9.52. The van der Waals surface area contributed by atoms with E-state index in [4.69, 9.17) is 0 Å². The van der Waals surface area contributed by atoms with Crippen molar-refractivity contribution in [1.82, 2.24) is 15.3 Å². The van der Waals surface area contributed by atoms with Crippen LogP contribution in [0.2, 0.25) is 0 Å². The van der Waals surface area contributed by atoms with Crippen molar-refractivity contribution in [2.45, 2.75) is 20.4 Å². The Bertz CT molecular complexity index is 1280. The number of nitrogens with one attached hydrogen (secondary N) is 2. The van der Waals surface area contributed by atoms with Gasteiger partial charge in [0.2, 0.25) is 0 Å². The summed E-state index contributed by atoms with van der Waals surface area (Å²) in [5.74, 6) is -1.15. The largest absolute Gasteiger partial charge is 0.348 e. The number of nitrogens with zero attached hydrogens (tertiary/aromatic N) is 1. The predicted molar refractivity (Wildman–Crippen MR) is 115 cm³/mol. The Morgan fingerprint density at radius 2 is 2.07 bits per heavy atom. The molecular formula is C24H20FN3O2. The molecule has 0 atom stereocenters. The number of hydrogen-bond donors (Lipinski definition) is 2. The number of ketones is 1. The van der Waals surface area contributed by atoms with E-state index in [0.717, 1.165) is 16.7 Å². The van der Waals surface area contributed by atoms with Gasteiger partial charge in [-0.3, -0.25) is 9.59 Å². The minimum absolute atomic E-state index is 0.0431. The maximum Gasteiger partial charge on any atom is 0.251 e. The molecule has 30 heavy (non-hydrogen) atoms. The molecule has 0 radical (unpaired) electrons. The molecule has 1 amide bonds. The molecule has 1 aromatic carbocycles. The first kappa shape index (κ1) is 19.5. The number of aromatic amines is 1. The molecule has 2 N–H and O–H groups in total. The van der Waals surface area contributed by atoms with Crippen molar-refractivity contribution < 1.29 is 14.0 Å². The summed E-state index contributed by atoms with van der Waals surface area (Å²) in [4.78, 5) is 32.3. The Hall–Kier alpha value is -3.80. The van der Waals surface area contributed by atoms with Crippen LogP contribution in [-0.4, -0.2) is 21.7 Å². The maximum absolute atomic E-state index is 14.6. The van der Waals surface area contributed by atoms with Crippen molar-refractivity contribution in [2.75, 3.05) is 0 Å². The monoisotopic (exact) mass is 401 g/mol. The van der Waals surface area contributed by atoms with Crippen LogP contribution in [0.15, 0.2) is 72.4 Å². The number of fused-ring (bicyclic) bond motifs is 2. The van der Waals surface area contributed by atoms with Gasteiger partial charge < -0.3 is 10.3 Å². The molecule has 0 unspecified atom stereocenters. The Kier molecular flexibility index (Phi) is 4.91. The van der Waals surface area contributed by atoms with Crippen LogP contribution in [0.3, 0.4) is 0 Å². The average molecular weight is 401 g/mol. The zero-order valence-electron chi connectivity index (χ0n) is 16.7. The minimum atomic E-state index is -0.632. The van der Waals surface area contributed by atoms with Gasteiger partial charge in [0.15, 0.2) is 5.78 Å². The molecular weight excluding hydrogens is 381 g/mol. The first-order chi connectivity index (χ1) is 14.4. The van der Waals surface area contributed by atoms with E-state index >= 15 is 0 Å². The van der Waals surface area contributed by atoms with Gasteiger partial charge in [-0.2, -0.15) is 0 Å². The topological polar surface area (TPSA) is 74.8 Å². The number of halogens is 1. The number of carbonyl (C=O) groups excluding carboxylic acids is 2. The van der Waals surface area contributed by atoms with E-state index in [0.29, 0.717) is 28.7 Å². The van der Waals surface area contributed by atoms with Crippen LogP contribution in [0.1, 0.15) is 40.1 Å². The van der Waals surface area contributed by atoms with Gasteiger partial charge in [0.25, 0.3) is 5.91 Å². The molecule has 0 saturated carbocycles. The van der Waals surface area contributed by atoms with Crippen LogP contribution >= 0.6 is 0 Å². The van der Waals surface area contributed by atoms with Gasteiger partial charge in [-0.25, -0.2) is 9.37 Å². The van der Waals surface area contributed by atoms with E-state index in [-0.39, 0.29) is 17.1 Å². The summed E-state index contributed by atoms with van der Waals surface area (Å²) < 4.78 is 14.6. The number of H-pyrrole nitrogens is 1. The second-order valence-corrected chi connectivity index (χ2v) is 7.21. The number of allylic oxidation sites excluding steroid dienone is 5. The molecule has 3 heterocycles. The molecule has 3 aromatic rings. The van der Waals surface area contributed by atoms with Crippen LogP contribution in [0.5, 0.6) is 0 Å². The van der Waals surface area contributed by atoms with Crippen LogP contribution in [0.4, 0.5) is 4.39 Å². The number of rotatable bonds is 5. The second-order valence-electron chi connectivity index (χ2n) is 7.21. The van der Waals surface area contributed by atoms with E-state index in [9.17, 15) is 14.0 Å². The van der Waals surface area contributed by atoms with E-state index < -0.39 is 11.6 Å². The average Bonchev–Trinajstić information content (AvgIpc) is 3.33. The fourth-order valence-corrected chi connectivity index (χ4v) is 3.55. The Balaban J connectivity index is 1.81. The molecule has 1 aliphatic heterocycles. The number of amides is 1. The molecule has 0 saturated heterocycles. The number of aromatic nitrogens is 2. The van der Waals surface area contributed by atoms with Crippen molar-refractivity contribution in [2.24, 2.45) is 0 Å². The first-order valence-electron chi connectivity index (χ1n) is 9.52. The molecule has 2 aromatic heterocycles. The molecule has 0 spiro atoms. The number of benzene rings is 1. The fraction of sp³-hybridized carbons (Fsp3) is 0.125. The third kappa shape index (κ3) is 3.26. The van der Waals surface area contributed by atoms with Gasteiger partial charge in [-0.15, -0.1) is 0 Å². The third-order valence-electron chi connectivity index (χ3n) is 5.09. The van der Waals surface area contributed by atoms with E-state index in [1.807, 2.05) is 18.2 Å². The van der Waals surface area contributed by atoms with E-state index in [1.165, 1.54) is 13.0 Å². The summed E-state index contributed by atoms with van der Waals surface area (Å²) in [5, 5.41) is 3.40. The summed E-state index contributed by atoms with van der Waals surface area (Å²) >= 11 is 0. The lowest BCUT2D eigenvalue weighted by molar-refractivity contribution is 0.0965. The molecule has 6 heteroatoms. The number of pyridine rings is 1. The van der Waals surface area contributed by atoms with Gasteiger partial charge in [0, 0.05) is 41.0 Å². The molecule has 1 aliphatic rings. The molecule has 0 fully saturated rings. The zero-order valence-corrected chi connectivity index (χ0v) is 16.7. The molecule has 150 valence electrons. The Morgan fingerprint density at radius 1 is 1.27 bits per heavy atom. The second kappa shape index (κ2) is 7.55. The smallest absolute Gasteiger partial charge is 0.251 e. The number of hydrogen-bond acceptors (Lipinski definition) is 3. The highest BCUT2D eigenvalue weighted by atomic mass is 19.1. The van der Waals surface area contributed by atoms with E-state index in [2.05, 4.69) is 21.9 Å². The molecule has 5 nitrogen and oxygen atoms in total. The lowest BCUT2D eigenvalue weighted by atomic mass is 9.98. The maximum atomic E-state index is 14.6. The summed E-state index contributed by atoms with van der Waals surface area (Å²) in [6, 6.07) is 7.43. The fourth-order valence-electron chi connectivity index (χ4n) is 3.55. The van der Waals surface area contributed by atoms with Crippen molar-refractivity contribution in [3.05, 3.63) is 89.1 Å². The number of Topliss-reactive ketones (excluding diaryl/α,β-unsaturated/α-hetero) is 1. The van der Waals surface area contributed by atoms with Gasteiger partial charge in [0.1, 0.15) is 11.5 Å². The minimum Gasteiger partial charge on any atom is -0.348 e. The predicted octanol–water partition coefficient (Wildman–Crippen LogP) is 5.03. The van der Waals surface area contributed by atoms with Gasteiger partial charge in [-0.05, 0) is 48.7 Å². The Labute approximate surface area is 173 Å². The van der Waals surface area contributed by atoms with Crippen LogP contribution in [-0.2, 0) is 6.54 Å².